The predicted molar refractivity (Wildman–Crippen MR) is 69.2 cm³/mol. The van der Waals surface area contributed by atoms with E-state index in [4.69, 9.17) is 0 Å². The summed E-state index contributed by atoms with van der Waals surface area (Å²) < 4.78 is 5.33. The lowest BCUT2D eigenvalue weighted by molar-refractivity contribution is 0.102. The molecule has 0 aliphatic carbocycles. The molecule has 3 aromatic rings. The predicted octanol–water partition coefficient (Wildman–Crippen LogP) is 1.37. The fraction of sp³-hybridized carbons (Fsp3) is 0. The molecule has 3 heterocycles. The molecule has 0 aliphatic heterocycles. The summed E-state index contributed by atoms with van der Waals surface area (Å²) in [6.45, 7) is 0. The van der Waals surface area contributed by atoms with E-state index in [1.165, 1.54) is 6.20 Å². The lowest BCUT2D eigenvalue weighted by Crippen LogP contribution is -2.13. The number of carbonyl (C=O) groups is 1. The fourth-order valence-corrected chi connectivity index (χ4v) is 1.92. The van der Waals surface area contributed by atoms with E-state index in [1.807, 2.05) is 6.07 Å². The smallest absolute Gasteiger partial charge is 0.275 e. The Morgan fingerprint density at radius 1 is 1.37 bits per heavy atom. The summed E-state index contributed by atoms with van der Waals surface area (Å²) in [5.41, 5.74) is 1.08. The van der Waals surface area contributed by atoms with Crippen LogP contribution in [0.3, 0.4) is 0 Å². The van der Waals surface area contributed by atoms with E-state index in [1.54, 1.807) is 35.4 Å². The monoisotopic (exact) mass is 272 g/mol. The van der Waals surface area contributed by atoms with E-state index < -0.39 is 0 Å². The van der Waals surface area contributed by atoms with Crippen molar-refractivity contribution in [2.24, 2.45) is 0 Å². The van der Waals surface area contributed by atoms with E-state index >= 15 is 0 Å². The number of hydrogen-bond acceptors (Lipinski definition) is 6. The molecule has 19 heavy (non-hydrogen) atoms. The first-order valence-corrected chi connectivity index (χ1v) is 6.15. The molecule has 0 bridgehead atoms. The average molecular weight is 272 g/mol. The van der Waals surface area contributed by atoms with Crippen molar-refractivity contribution in [3.05, 3.63) is 48.7 Å². The van der Waals surface area contributed by atoms with Gasteiger partial charge < -0.3 is 5.32 Å². The van der Waals surface area contributed by atoms with Crippen LogP contribution >= 0.6 is 11.5 Å². The van der Waals surface area contributed by atoms with Gasteiger partial charge in [-0.25, -0.2) is 4.68 Å². The fourth-order valence-electron chi connectivity index (χ4n) is 1.51. The van der Waals surface area contributed by atoms with Crippen LogP contribution in [-0.2, 0) is 0 Å². The maximum atomic E-state index is 12.0. The number of nitrogens with one attached hydrogen (secondary N) is 1. The second-order valence-electron chi connectivity index (χ2n) is 3.59. The van der Waals surface area contributed by atoms with Gasteiger partial charge in [0, 0.05) is 30.1 Å². The number of aromatic nitrogens is 5. The van der Waals surface area contributed by atoms with Crippen molar-refractivity contribution in [2.45, 2.75) is 0 Å². The Balaban J connectivity index is 1.85. The molecule has 7 nitrogen and oxygen atoms in total. The molecular formula is C11H8N6OS. The highest BCUT2D eigenvalue weighted by molar-refractivity contribution is 7.10. The summed E-state index contributed by atoms with van der Waals surface area (Å²) in [7, 11) is 0. The third kappa shape index (κ3) is 2.47. The molecule has 0 atom stereocenters. The van der Waals surface area contributed by atoms with Crippen molar-refractivity contribution in [3.8, 4) is 5.69 Å². The van der Waals surface area contributed by atoms with Crippen LogP contribution in [0.25, 0.3) is 5.69 Å². The van der Waals surface area contributed by atoms with Crippen LogP contribution < -0.4 is 5.32 Å². The molecule has 0 saturated carbocycles. The Bertz CT molecular complexity index is 679. The van der Waals surface area contributed by atoms with Crippen molar-refractivity contribution in [1.82, 2.24) is 24.4 Å². The molecule has 0 radical (unpaired) electrons. The van der Waals surface area contributed by atoms with Crippen LogP contribution in [0.5, 0.6) is 0 Å². The van der Waals surface area contributed by atoms with Gasteiger partial charge in [0.2, 0.25) is 0 Å². The van der Waals surface area contributed by atoms with Gasteiger partial charge in [-0.05, 0) is 18.2 Å². The van der Waals surface area contributed by atoms with Crippen LogP contribution in [0.2, 0.25) is 0 Å². The molecule has 1 N–H and O–H groups in total. The maximum absolute atomic E-state index is 12.0. The second kappa shape index (κ2) is 4.94. The molecule has 8 heteroatoms. The Morgan fingerprint density at radius 2 is 2.32 bits per heavy atom. The summed E-state index contributed by atoms with van der Waals surface area (Å²) in [5, 5.41) is 11.0. The summed E-state index contributed by atoms with van der Waals surface area (Å²) in [5.74, 6) is -0.306. The van der Waals surface area contributed by atoms with Crippen LogP contribution in [0.4, 0.5) is 5.00 Å². The molecule has 0 fully saturated rings. The van der Waals surface area contributed by atoms with Crippen molar-refractivity contribution in [2.75, 3.05) is 5.32 Å². The third-order valence-corrected chi connectivity index (χ3v) is 2.92. The topological polar surface area (TPSA) is 85.6 Å². The number of carbonyl (C=O) groups excluding carboxylic acids is 1. The molecule has 0 spiro atoms. The Hall–Kier alpha value is -2.61. The molecule has 3 rings (SSSR count). The van der Waals surface area contributed by atoms with Gasteiger partial charge in [0.15, 0.2) is 0 Å². The molecule has 1 amide bonds. The number of hydrogen-bond donors (Lipinski definition) is 1. The number of rotatable bonds is 3. The third-order valence-electron chi connectivity index (χ3n) is 2.34. The van der Waals surface area contributed by atoms with E-state index in [0.29, 0.717) is 10.7 Å². The number of pyridine rings is 1. The van der Waals surface area contributed by atoms with Crippen molar-refractivity contribution in [3.63, 3.8) is 0 Å². The minimum absolute atomic E-state index is 0.306. The minimum Gasteiger partial charge on any atom is -0.310 e. The summed E-state index contributed by atoms with van der Waals surface area (Å²) in [6.07, 6.45) is 6.52. The van der Waals surface area contributed by atoms with E-state index in [9.17, 15) is 4.79 Å². The first-order valence-electron chi connectivity index (χ1n) is 5.38. The Labute approximate surface area is 112 Å². The van der Waals surface area contributed by atoms with E-state index in [2.05, 4.69) is 25.0 Å². The van der Waals surface area contributed by atoms with Crippen molar-refractivity contribution >= 4 is 22.4 Å². The number of anilines is 1. The average Bonchev–Trinajstić information content (AvgIpc) is 3.12. The van der Waals surface area contributed by atoms with Gasteiger partial charge in [0.05, 0.1) is 11.9 Å². The lowest BCUT2D eigenvalue weighted by atomic mass is 10.3. The molecule has 0 aromatic carbocycles. The van der Waals surface area contributed by atoms with Gasteiger partial charge in [-0.1, -0.05) is 4.49 Å². The van der Waals surface area contributed by atoms with Crippen molar-refractivity contribution < 1.29 is 4.79 Å². The molecule has 94 valence electrons. The molecular weight excluding hydrogens is 264 g/mol. The number of nitrogens with zero attached hydrogens (tertiary/aromatic N) is 5. The van der Waals surface area contributed by atoms with Gasteiger partial charge in [0.1, 0.15) is 10.7 Å². The zero-order valence-electron chi connectivity index (χ0n) is 9.59. The van der Waals surface area contributed by atoms with Gasteiger partial charge in [-0.2, -0.15) is 5.10 Å². The van der Waals surface area contributed by atoms with Crippen molar-refractivity contribution in [1.29, 1.82) is 0 Å². The highest BCUT2D eigenvalue weighted by atomic mass is 32.1. The maximum Gasteiger partial charge on any atom is 0.275 e. The van der Waals surface area contributed by atoms with Crippen LogP contribution in [0.15, 0.2) is 43.0 Å². The van der Waals surface area contributed by atoms with Gasteiger partial charge in [-0.3, -0.25) is 9.78 Å². The zero-order chi connectivity index (χ0) is 13.1. The molecule has 0 saturated heterocycles. The Morgan fingerprint density at radius 3 is 3.05 bits per heavy atom. The van der Waals surface area contributed by atoms with Gasteiger partial charge >= 0.3 is 0 Å². The molecule has 0 aliphatic rings. The number of amides is 1. The Kier molecular flexibility index (Phi) is 2.99. The first-order chi connectivity index (χ1) is 9.33. The molecule has 0 unspecified atom stereocenters. The molecule has 3 aromatic heterocycles. The van der Waals surface area contributed by atoms with Crippen LogP contribution in [-0.4, -0.2) is 30.3 Å². The quantitative estimate of drug-likeness (QED) is 0.778. The van der Waals surface area contributed by atoms with Crippen LogP contribution in [0.1, 0.15) is 10.5 Å². The summed E-state index contributed by atoms with van der Waals surface area (Å²) >= 11 is 1.11. The highest BCUT2D eigenvalue weighted by Gasteiger charge is 2.10. The van der Waals surface area contributed by atoms with E-state index in [0.717, 1.165) is 17.2 Å². The second-order valence-corrected chi connectivity index (χ2v) is 4.37. The van der Waals surface area contributed by atoms with Gasteiger partial charge in [-0.15, -0.1) is 5.10 Å². The minimum atomic E-state index is -0.306. The SMILES string of the molecule is O=C(Nc1cnns1)c1cc(-n2cccn2)ccn1. The van der Waals surface area contributed by atoms with Gasteiger partial charge in [0.25, 0.3) is 5.91 Å². The standard InChI is InChI=1S/C11H8N6OS/c18-11(15-10-7-13-16-19-10)9-6-8(2-4-12-9)17-5-1-3-14-17/h1-7H,(H,15,18). The summed E-state index contributed by atoms with van der Waals surface area (Å²) in [6, 6.07) is 5.25. The zero-order valence-corrected chi connectivity index (χ0v) is 10.4. The lowest BCUT2D eigenvalue weighted by Gasteiger charge is -2.04. The first kappa shape index (κ1) is 11.5. The normalized spacial score (nSPS) is 10.3. The van der Waals surface area contributed by atoms with E-state index in [-0.39, 0.29) is 5.91 Å². The summed E-state index contributed by atoms with van der Waals surface area (Å²) in [4.78, 5) is 16.0. The largest absolute Gasteiger partial charge is 0.310 e. The highest BCUT2D eigenvalue weighted by Crippen LogP contribution is 2.12. The van der Waals surface area contributed by atoms with Crippen LogP contribution in [0, 0.1) is 0 Å².